The van der Waals surface area contributed by atoms with Gasteiger partial charge in [0.05, 0.1) is 14.2 Å². The molecular weight excluding hydrogens is 278 g/mol. The number of nitrogens with one attached hydrogen (secondary N) is 1. The van der Waals surface area contributed by atoms with E-state index in [2.05, 4.69) is 12.2 Å². The molecule has 0 saturated carbocycles. The van der Waals surface area contributed by atoms with Crippen LogP contribution in [0.3, 0.4) is 0 Å². The highest BCUT2D eigenvalue weighted by atomic mass is 16.5. The fraction of sp³-hybridized carbons (Fsp3) is 0.333. The predicted octanol–water partition coefficient (Wildman–Crippen LogP) is 3.16. The molecule has 118 valence electrons. The molecule has 0 unspecified atom stereocenters. The van der Waals surface area contributed by atoms with E-state index >= 15 is 0 Å². The van der Waals surface area contributed by atoms with E-state index in [1.807, 2.05) is 36.4 Å². The maximum Gasteiger partial charge on any atom is 0.161 e. The van der Waals surface area contributed by atoms with E-state index in [1.54, 1.807) is 14.2 Å². The molecule has 0 bridgehead atoms. The Morgan fingerprint density at radius 1 is 1.00 bits per heavy atom. The maximum atomic E-state index is 8.93. The van der Waals surface area contributed by atoms with Gasteiger partial charge in [0, 0.05) is 18.8 Å². The lowest BCUT2D eigenvalue weighted by atomic mass is 10.1. The lowest BCUT2D eigenvalue weighted by Gasteiger charge is -2.14. The third-order valence-corrected chi connectivity index (χ3v) is 3.68. The third-order valence-electron chi connectivity index (χ3n) is 3.68. The summed E-state index contributed by atoms with van der Waals surface area (Å²) in [6.07, 6.45) is 0.690. The average molecular weight is 301 g/mol. The summed E-state index contributed by atoms with van der Waals surface area (Å²) in [4.78, 5) is 0. The second-order valence-electron chi connectivity index (χ2n) is 5.16. The van der Waals surface area contributed by atoms with Crippen molar-refractivity contribution in [1.29, 1.82) is 0 Å². The van der Waals surface area contributed by atoms with Crippen molar-refractivity contribution < 1.29 is 14.6 Å². The summed E-state index contributed by atoms with van der Waals surface area (Å²) < 4.78 is 10.7. The fourth-order valence-electron chi connectivity index (χ4n) is 2.33. The fourth-order valence-corrected chi connectivity index (χ4v) is 2.33. The van der Waals surface area contributed by atoms with Gasteiger partial charge in [0.2, 0.25) is 0 Å². The number of anilines is 1. The highest BCUT2D eigenvalue weighted by Gasteiger charge is 2.08. The van der Waals surface area contributed by atoms with Gasteiger partial charge in [-0.25, -0.2) is 0 Å². The van der Waals surface area contributed by atoms with E-state index < -0.39 is 0 Å². The van der Waals surface area contributed by atoms with Gasteiger partial charge in [-0.2, -0.15) is 0 Å². The zero-order valence-corrected chi connectivity index (χ0v) is 13.3. The maximum absolute atomic E-state index is 8.93. The molecule has 0 atom stereocenters. The molecule has 0 aliphatic rings. The Kier molecular flexibility index (Phi) is 5.67. The highest BCUT2D eigenvalue weighted by Crippen LogP contribution is 2.30. The first-order valence-electron chi connectivity index (χ1n) is 7.33. The Labute approximate surface area is 131 Å². The first kappa shape index (κ1) is 16.2. The van der Waals surface area contributed by atoms with Crippen LogP contribution in [0.1, 0.15) is 16.7 Å². The molecular formula is C18H23NO3. The molecule has 0 aliphatic heterocycles. The van der Waals surface area contributed by atoms with Crippen LogP contribution in [0.5, 0.6) is 11.5 Å². The number of methoxy groups -OCH3 is 2. The Hall–Kier alpha value is -2.20. The van der Waals surface area contributed by atoms with Gasteiger partial charge in [-0.1, -0.05) is 12.1 Å². The molecule has 4 nitrogen and oxygen atoms in total. The van der Waals surface area contributed by atoms with Crippen LogP contribution in [0, 0.1) is 6.92 Å². The summed E-state index contributed by atoms with van der Waals surface area (Å²) in [6.45, 7) is 2.95. The minimum absolute atomic E-state index is 0.178. The number of hydrogen-bond acceptors (Lipinski definition) is 4. The lowest BCUT2D eigenvalue weighted by molar-refractivity contribution is 0.299. The molecule has 0 aromatic heterocycles. The molecule has 0 aliphatic carbocycles. The molecule has 2 N–H and O–H groups in total. The van der Waals surface area contributed by atoms with Crippen LogP contribution in [-0.2, 0) is 13.0 Å². The number of benzene rings is 2. The first-order valence-corrected chi connectivity index (χ1v) is 7.33. The second-order valence-corrected chi connectivity index (χ2v) is 5.16. The van der Waals surface area contributed by atoms with Gasteiger partial charge in [0.25, 0.3) is 0 Å². The van der Waals surface area contributed by atoms with Crippen LogP contribution in [0.25, 0.3) is 0 Å². The summed E-state index contributed by atoms with van der Waals surface area (Å²) in [5.74, 6) is 1.49. The largest absolute Gasteiger partial charge is 0.493 e. The summed E-state index contributed by atoms with van der Waals surface area (Å²) in [5.41, 5.74) is 4.50. The van der Waals surface area contributed by atoms with E-state index in [9.17, 15) is 0 Å². The minimum atomic E-state index is 0.178. The second kappa shape index (κ2) is 7.71. The number of aliphatic hydroxyl groups is 1. The number of aryl methyl sites for hydroxylation is 1. The van der Waals surface area contributed by atoms with Gasteiger partial charge in [-0.3, -0.25) is 0 Å². The van der Waals surface area contributed by atoms with Crippen LogP contribution < -0.4 is 14.8 Å². The monoisotopic (exact) mass is 301 g/mol. The Bertz CT molecular complexity index is 608. The van der Waals surface area contributed by atoms with E-state index in [0.717, 1.165) is 33.9 Å². The molecule has 2 aromatic carbocycles. The number of aliphatic hydroxyl groups excluding tert-OH is 1. The summed E-state index contributed by atoms with van der Waals surface area (Å²) in [7, 11) is 3.29. The van der Waals surface area contributed by atoms with Gasteiger partial charge < -0.3 is 19.9 Å². The summed E-state index contributed by atoms with van der Waals surface area (Å²) in [5, 5.41) is 12.3. The van der Waals surface area contributed by atoms with Crippen LogP contribution >= 0.6 is 0 Å². The topological polar surface area (TPSA) is 50.7 Å². The van der Waals surface area contributed by atoms with Gasteiger partial charge in [0.15, 0.2) is 11.5 Å². The molecule has 2 aromatic rings. The van der Waals surface area contributed by atoms with Gasteiger partial charge in [0.1, 0.15) is 0 Å². The Morgan fingerprint density at radius 3 is 2.23 bits per heavy atom. The molecule has 0 heterocycles. The molecule has 2 rings (SSSR count). The van der Waals surface area contributed by atoms with E-state index in [0.29, 0.717) is 13.0 Å². The molecule has 0 fully saturated rings. The normalized spacial score (nSPS) is 10.4. The number of rotatable bonds is 7. The van der Waals surface area contributed by atoms with E-state index in [-0.39, 0.29) is 6.61 Å². The quantitative estimate of drug-likeness (QED) is 0.825. The van der Waals surface area contributed by atoms with Crippen LogP contribution in [0.15, 0.2) is 36.4 Å². The zero-order chi connectivity index (χ0) is 15.9. The van der Waals surface area contributed by atoms with E-state index in [1.165, 1.54) is 0 Å². The minimum Gasteiger partial charge on any atom is -0.493 e. The van der Waals surface area contributed by atoms with Crippen molar-refractivity contribution in [2.75, 3.05) is 26.1 Å². The Balaban J connectivity index is 2.07. The summed E-state index contributed by atoms with van der Waals surface area (Å²) >= 11 is 0. The highest BCUT2D eigenvalue weighted by molar-refractivity contribution is 5.50. The summed E-state index contributed by atoms with van der Waals surface area (Å²) in [6, 6.07) is 12.1. The van der Waals surface area contributed by atoms with Crippen LogP contribution in [-0.4, -0.2) is 25.9 Å². The van der Waals surface area contributed by atoms with Crippen molar-refractivity contribution in [2.24, 2.45) is 0 Å². The predicted molar refractivity (Wildman–Crippen MR) is 88.8 cm³/mol. The van der Waals surface area contributed by atoms with E-state index in [4.69, 9.17) is 14.6 Å². The van der Waals surface area contributed by atoms with Crippen molar-refractivity contribution in [3.63, 3.8) is 0 Å². The molecule has 4 heteroatoms. The standard InChI is InChI=1S/C18H23NO3/c1-13-10-17(21-2)18(22-3)11-15(13)12-19-16-6-4-14(5-7-16)8-9-20/h4-7,10-11,19-20H,8-9,12H2,1-3H3. The van der Waals surface area contributed by atoms with Crippen LogP contribution in [0.4, 0.5) is 5.69 Å². The number of hydrogen-bond donors (Lipinski definition) is 2. The zero-order valence-electron chi connectivity index (χ0n) is 13.3. The number of ether oxygens (including phenoxy) is 2. The smallest absolute Gasteiger partial charge is 0.161 e. The SMILES string of the molecule is COc1cc(C)c(CNc2ccc(CCO)cc2)cc1OC. The Morgan fingerprint density at radius 2 is 1.64 bits per heavy atom. The third kappa shape index (κ3) is 3.92. The van der Waals surface area contributed by atoms with Crippen molar-refractivity contribution in [3.05, 3.63) is 53.1 Å². The van der Waals surface area contributed by atoms with Gasteiger partial charge in [-0.15, -0.1) is 0 Å². The molecule has 0 amide bonds. The van der Waals surface area contributed by atoms with Crippen molar-refractivity contribution >= 4 is 5.69 Å². The molecule has 22 heavy (non-hydrogen) atoms. The lowest BCUT2D eigenvalue weighted by Crippen LogP contribution is -2.03. The van der Waals surface area contributed by atoms with Gasteiger partial charge >= 0.3 is 0 Å². The van der Waals surface area contributed by atoms with Crippen molar-refractivity contribution in [3.8, 4) is 11.5 Å². The molecule has 0 radical (unpaired) electrons. The van der Waals surface area contributed by atoms with Crippen molar-refractivity contribution in [2.45, 2.75) is 19.9 Å². The molecule has 0 spiro atoms. The van der Waals surface area contributed by atoms with Crippen LogP contribution in [0.2, 0.25) is 0 Å². The first-order chi connectivity index (χ1) is 10.7. The molecule has 0 saturated heterocycles. The van der Waals surface area contributed by atoms with Crippen molar-refractivity contribution in [1.82, 2.24) is 0 Å². The average Bonchev–Trinajstić information content (AvgIpc) is 2.55. The van der Waals surface area contributed by atoms with Gasteiger partial charge in [-0.05, 0) is 54.3 Å².